The molecule has 134 valence electrons. The number of aromatic nitrogens is 2. The van der Waals surface area contributed by atoms with E-state index in [2.05, 4.69) is 20.8 Å². The quantitative estimate of drug-likeness (QED) is 0.762. The van der Waals surface area contributed by atoms with E-state index in [4.69, 9.17) is 0 Å². The standard InChI is InChI=1S/C18H21FN4O.ClH/c19-13-3-1-12(2-4-13)9-18(6-7-18)11-21-17(24)16-14-10-20-8-5-15(14)22-23-16;/h1-4,20H,5-11H2,(H,21,24)(H,22,23);1H. The summed E-state index contributed by atoms with van der Waals surface area (Å²) in [5, 5.41) is 13.5. The van der Waals surface area contributed by atoms with Gasteiger partial charge >= 0.3 is 0 Å². The summed E-state index contributed by atoms with van der Waals surface area (Å²) >= 11 is 0. The number of hydrogen-bond donors (Lipinski definition) is 3. The smallest absolute Gasteiger partial charge is 0.272 e. The molecule has 0 radical (unpaired) electrons. The van der Waals surface area contributed by atoms with E-state index in [1.807, 2.05) is 12.1 Å². The first-order valence-corrected chi connectivity index (χ1v) is 8.45. The van der Waals surface area contributed by atoms with Crippen molar-refractivity contribution in [1.29, 1.82) is 0 Å². The molecule has 0 atom stereocenters. The number of carbonyl (C=O) groups is 1. The Morgan fingerprint density at radius 1 is 1.28 bits per heavy atom. The van der Waals surface area contributed by atoms with Crippen molar-refractivity contribution in [3.05, 3.63) is 52.6 Å². The third-order valence-corrected chi connectivity index (χ3v) is 5.09. The van der Waals surface area contributed by atoms with Crippen molar-refractivity contribution >= 4 is 18.3 Å². The van der Waals surface area contributed by atoms with Crippen molar-refractivity contribution in [2.75, 3.05) is 13.1 Å². The maximum atomic E-state index is 13.0. The van der Waals surface area contributed by atoms with Crippen molar-refractivity contribution in [3.8, 4) is 0 Å². The van der Waals surface area contributed by atoms with E-state index in [1.165, 1.54) is 12.1 Å². The molecule has 0 bridgehead atoms. The van der Waals surface area contributed by atoms with Crippen LogP contribution in [-0.2, 0) is 19.4 Å². The van der Waals surface area contributed by atoms with Gasteiger partial charge in [0.15, 0.2) is 5.69 Å². The molecule has 1 aliphatic carbocycles. The lowest BCUT2D eigenvalue weighted by Crippen LogP contribution is -2.33. The topological polar surface area (TPSA) is 69.8 Å². The third kappa shape index (κ3) is 3.85. The van der Waals surface area contributed by atoms with Gasteiger partial charge < -0.3 is 10.6 Å². The van der Waals surface area contributed by atoms with Gasteiger partial charge in [-0.1, -0.05) is 12.1 Å². The van der Waals surface area contributed by atoms with Gasteiger partial charge in [0.05, 0.1) is 0 Å². The molecule has 0 unspecified atom stereocenters. The summed E-state index contributed by atoms with van der Waals surface area (Å²) in [5.74, 6) is -0.324. The Morgan fingerprint density at radius 3 is 2.76 bits per heavy atom. The molecule has 1 aromatic heterocycles. The summed E-state index contributed by atoms with van der Waals surface area (Å²) in [6, 6.07) is 6.64. The number of amides is 1. The van der Waals surface area contributed by atoms with Crippen molar-refractivity contribution in [2.45, 2.75) is 32.2 Å². The van der Waals surface area contributed by atoms with Crippen LogP contribution in [0.2, 0.25) is 0 Å². The first-order valence-electron chi connectivity index (χ1n) is 8.45. The zero-order chi connectivity index (χ0) is 16.6. The van der Waals surface area contributed by atoms with Crippen molar-refractivity contribution in [2.24, 2.45) is 5.41 Å². The predicted molar refractivity (Wildman–Crippen MR) is 95.4 cm³/mol. The van der Waals surface area contributed by atoms with Gasteiger partial charge in [0.1, 0.15) is 5.82 Å². The fraction of sp³-hybridized carbons (Fsp3) is 0.444. The van der Waals surface area contributed by atoms with Gasteiger partial charge in [0, 0.05) is 37.3 Å². The monoisotopic (exact) mass is 364 g/mol. The van der Waals surface area contributed by atoms with Crippen LogP contribution in [0.25, 0.3) is 0 Å². The number of halogens is 2. The number of nitrogens with zero attached hydrogens (tertiary/aromatic N) is 1. The summed E-state index contributed by atoms with van der Waals surface area (Å²) in [4.78, 5) is 12.5. The van der Waals surface area contributed by atoms with Crippen LogP contribution in [0.1, 0.15) is 40.2 Å². The molecule has 1 aliphatic heterocycles. The minimum Gasteiger partial charge on any atom is -0.350 e. The molecule has 1 aromatic carbocycles. The highest BCUT2D eigenvalue weighted by atomic mass is 35.5. The van der Waals surface area contributed by atoms with Crippen molar-refractivity contribution < 1.29 is 9.18 Å². The SMILES string of the molecule is Cl.O=C(NCC1(Cc2ccc(F)cc2)CC1)c1n[nH]c2c1CNCC2. The fourth-order valence-electron chi connectivity index (χ4n) is 3.39. The van der Waals surface area contributed by atoms with Crippen molar-refractivity contribution in [3.63, 3.8) is 0 Å². The lowest BCUT2D eigenvalue weighted by molar-refractivity contribution is 0.0938. The molecule has 1 fully saturated rings. The highest BCUT2D eigenvalue weighted by Crippen LogP contribution is 2.47. The lowest BCUT2D eigenvalue weighted by atomic mass is 9.96. The normalized spacial score (nSPS) is 17.3. The van der Waals surface area contributed by atoms with Gasteiger partial charge in [-0.15, -0.1) is 12.4 Å². The molecule has 3 N–H and O–H groups in total. The van der Waals surface area contributed by atoms with Crippen LogP contribution in [0.3, 0.4) is 0 Å². The van der Waals surface area contributed by atoms with Crippen LogP contribution >= 0.6 is 12.4 Å². The Balaban J connectivity index is 0.00000182. The molecule has 0 saturated heterocycles. The van der Waals surface area contributed by atoms with Crippen LogP contribution in [0, 0.1) is 11.2 Å². The molecular weight excluding hydrogens is 343 g/mol. The maximum absolute atomic E-state index is 13.0. The number of carbonyl (C=O) groups excluding carboxylic acids is 1. The molecule has 0 spiro atoms. The minimum absolute atomic E-state index is 0. The average Bonchev–Trinajstić information content (AvgIpc) is 3.22. The molecule has 1 saturated carbocycles. The molecule has 2 aromatic rings. The second-order valence-electron chi connectivity index (χ2n) is 6.94. The zero-order valence-electron chi connectivity index (χ0n) is 13.9. The number of fused-ring (bicyclic) bond motifs is 1. The van der Waals surface area contributed by atoms with Gasteiger partial charge in [-0.2, -0.15) is 5.10 Å². The molecule has 5 nitrogen and oxygen atoms in total. The highest BCUT2D eigenvalue weighted by Gasteiger charge is 2.42. The second kappa shape index (κ2) is 7.14. The molecule has 2 heterocycles. The third-order valence-electron chi connectivity index (χ3n) is 5.09. The average molecular weight is 365 g/mol. The number of aromatic amines is 1. The summed E-state index contributed by atoms with van der Waals surface area (Å²) in [6.07, 6.45) is 3.92. The number of rotatable bonds is 5. The van der Waals surface area contributed by atoms with Crippen LogP contribution in [0.4, 0.5) is 4.39 Å². The Labute approximate surface area is 152 Å². The second-order valence-corrected chi connectivity index (χ2v) is 6.94. The molecule has 1 amide bonds. The molecular formula is C18H22ClFN4O. The van der Waals surface area contributed by atoms with Crippen LogP contribution in [-0.4, -0.2) is 29.2 Å². The maximum Gasteiger partial charge on any atom is 0.272 e. The number of hydrogen-bond acceptors (Lipinski definition) is 3. The van der Waals surface area contributed by atoms with Gasteiger partial charge in [-0.3, -0.25) is 9.89 Å². The predicted octanol–water partition coefficient (Wildman–Crippen LogP) is 2.37. The van der Waals surface area contributed by atoms with E-state index < -0.39 is 0 Å². The van der Waals surface area contributed by atoms with E-state index in [-0.39, 0.29) is 29.5 Å². The fourth-order valence-corrected chi connectivity index (χ4v) is 3.39. The number of H-pyrrole nitrogens is 1. The van der Waals surface area contributed by atoms with E-state index in [0.29, 0.717) is 18.8 Å². The minimum atomic E-state index is -0.214. The van der Waals surface area contributed by atoms with Crippen LogP contribution in [0.15, 0.2) is 24.3 Å². The Hall–Kier alpha value is -1.92. The first kappa shape index (κ1) is 17.9. The Kier molecular flexibility index (Phi) is 5.11. The highest BCUT2D eigenvalue weighted by molar-refractivity contribution is 5.94. The lowest BCUT2D eigenvalue weighted by Gasteiger charge is -2.17. The molecule has 25 heavy (non-hydrogen) atoms. The summed E-state index contributed by atoms with van der Waals surface area (Å²) in [6.45, 7) is 2.24. The van der Waals surface area contributed by atoms with E-state index >= 15 is 0 Å². The van der Waals surface area contributed by atoms with Crippen LogP contribution in [0.5, 0.6) is 0 Å². The summed E-state index contributed by atoms with van der Waals surface area (Å²) in [7, 11) is 0. The molecule has 7 heteroatoms. The van der Waals surface area contributed by atoms with E-state index in [1.54, 1.807) is 0 Å². The van der Waals surface area contributed by atoms with Crippen molar-refractivity contribution in [1.82, 2.24) is 20.8 Å². The number of nitrogens with one attached hydrogen (secondary N) is 3. The van der Waals surface area contributed by atoms with Gasteiger partial charge in [0.25, 0.3) is 5.91 Å². The largest absolute Gasteiger partial charge is 0.350 e. The van der Waals surface area contributed by atoms with Gasteiger partial charge in [-0.25, -0.2) is 4.39 Å². The van der Waals surface area contributed by atoms with E-state index in [9.17, 15) is 9.18 Å². The summed E-state index contributed by atoms with van der Waals surface area (Å²) < 4.78 is 13.0. The van der Waals surface area contributed by atoms with Crippen LogP contribution < -0.4 is 10.6 Å². The molecule has 2 aliphatic rings. The zero-order valence-corrected chi connectivity index (χ0v) is 14.7. The number of benzene rings is 1. The Bertz CT molecular complexity index is 755. The van der Waals surface area contributed by atoms with Gasteiger partial charge in [-0.05, 0) is 42.4 Å². The van der Waals surface area contributed by atoms with Gasteiger partial charge in [0.2, 0.25) is 0 Å². The summed E-state index contributed by atoms with van der Waals surface area (Å²) in [5.41, 5.74) is 3.79. The molecule has 4 rings (SSSR count). The van der Waals surface area contributed by atoms with E-state index in [0.717, 1.165) is 49.0 Å². The Morgan fingerprint density at radius 2 is 2.04 bits per heavy atom. The first-order chi connectivity index (χ1) is 11.7.